The lowest BCUT2D eigenvalue weighted by Crippen LogP contribution is -1.89. The smallest absolute Gasteiger partial charge is 0.263 e. The number of ketones is 1. The highest BCUT2D eigenvalue weighted by Gasteiger charge is 2.11. The molecule has 72 valence electrons. The van der Waals surface area contributed by atoms with Crippen LogP contribution < -0.4 is 0 Å². The number of Topliss-reactive ketones (excluding diaryl/α,β-unsaturated/α-hetero) is 1. The van der Waals surface area contributed by atoms with Crippen molar-refractivity contribution in [3.05, 3.63) is 29.7 Å². The van der Waals surface area contributed by atoms with Gasteiger partial charge in [-0.2, -0.15) is 0 Å². The van der Waals surface area contributed by atoms with Crippen LogP contribution in [0.15, 0.2) is 22.6 Å². The van der Waals surface area contributed by atoms with Crippen LogP contribution in [0.25, 0.3) is 11.1 Å². The molecule has 0 N–H and O–H groups in total. The third kappa shape index (κ3) is 1.46. The molecular formula is C10H8BrNO2. The highest BCUT2D eigenvalue weighted by atomic mass is 79.9. The Kier molecular flexibility index (Phi) is 2.37. The maximum absolute atomic E-state index is 11.0. The van der Waals surface area contributed by atoms with Crippen molar-refractivity contribution in [3.63, 3.8) is 0 Å². The van der Waals surface area contributed by atoms with Gasteiger partial charge in [0.25, 0.3) is 5.89 Å². The van der Waals surface area contributed by atoms with E-state index in [0.717, 1.165) is 11.1 Å². The van der Waals surface area contributed by atoms with Crippen LogP contribution in [0.4, 0.5) is 0 Å². The van der Waals surface area contributed by atoms with Crippen LogP contribution in [0.3, 0.4) is 0 Å². The van der Waals surface area contributed by atoms with E-state index >= 15 is 0 Å². The third-order valence-corrected chi connectivity index (χ3v) is 2.55. The molecule has 0 spiro atoms. The van der Waals surface area contributed by atoms with Gasteiger partial charge in [-0.3, -0.25) is 4.79 Å². The summed E-state index contributed by atoms with van der Waals surface area (Å²) in [6, 6.07) is 5.66. The summed E-state index contributed by atoms with van der Waals surface area (Å²) in [4.78, 5) is 15.1. The zero-order chi connectivity index (χ0) is 10.1. The number of para-hydroxylation sites is 1. The molecule has 0 aliphatic heterocycles. The quantitative estimate of drug-likeness (QED) is 0.611. The molecule has 0 saturated carbocycles. The van der Waals surface area contributed by atoms with Crippen molar-refractivity contribution in [2.75, 3.05) is 0 Å². The topological polar surface area (TPSA) is 43.1 Å². The van der Waals surface area contributed by atoms with E-state index in [2.05, 4.69) is 20.9 Å². The van der Waals surface area contributed by atoms with Crippen molar-refractivity contribution >= 4 is 32.8 Å². The maximum Gasteiger partial charge on any atom is 0.263 e. The molecule has 0 aliphatic rings. The number of nitrogens with zero attached hydrogens (tertiary/aromatic N) is 1. The van der Waals surface area contributed by atoms with Gasteiger partial charge in [-0.25, -0.2) is 4.98 Å². The number of alkyl halides is 1. The first-order valence-electron chi connectivity index (χ1n) is 4.17. The highest BCUT2D eigenvalue weighted by Crippen LogP contribution is 2.21. The van der Waals surface area contributed by atoms with Gasteiger partial charge in [0.15, 0.2) is 5.58 Å². The average molecular weight is 254 g/mol. The van der Waals surface area contributed by atoms with Crippen LogP contribution in [-0.4, -0.2) is 10.8 Å². The highest BCUT2D eigenvalue weighted by molar-refractivity contribution is 9.08. The lowest BCUT2D eigenvalue weighted by atomic mass is 10.2. The van der Waals surface area contributed by atoms with Crippen LogP contribution in [0.1, 0.15) is 23.2 Å². The molecule has 0 saturated heterocycles. The van der Waals surface area contributed by atoms with Gasteiger partial charge in [-0.05, 0) is 6.07 Å². The summed E-state index contributed by atoms with van der Waals surface area (Å²) in [6.07, 6.45) is 0. The number of rotatable bonds is 2. The van der Waals surface area contributed by atoms with Crippen molar-refractivity contribution in [2.45, 2.75) is 12.3 Å². The number of halogens is 1. The maximum atomic E-state index is 11.0. The van der Waals surface area contributed by atoms with Crippen molar-refractivity contribution < 1.29 is 9.21 Å². The Morgan fingerprint density at radius 1 is 1.57 bits per heavy atom. The summed E-state index contributed by atoms with van der Waals surface area (Å²) in [5.41, 5.74) is 2.42. The fourth-order valence-corrected chi connectivity index (χ4v) is 1.70. The Morgan fingerprint density at radius 2 is 2.36 bits per heavy atom. The molecule has 14 heavy (non-hydrogen) atoms. The first kappa shape index (κ1) is 9.40. The van der Waals surface area contributed by atoms with Crippen LogP contribution in [-0.2, 0) is 5.33 Å². The number of hydrogen-bond acceptors (Lipinski definition) is 3. The Hall–Kier alpha value is -1.16. The average Bonchev–Trinajstić information content (AvgIpc) is 2.60. The summed E-state index contributed by atoms with van der Waals surface area (Å²) in [6.45, 7) is 1.44. The molecule has 1 aromatic heterocycles. The molecule has 0 fully saturated rings. The minimum Gasteiger partial charge on any atom is -0.433 e. The van der Waals surface area contributed by atoms with Crippen molar-refractivity contribution in [1.82, 2.24) is 4.98 Å². The van der Waals surface area contributed by atoms with Gasteiger partial charge >= 0.3 is 0 Å². The third-order valence-electron chi connectivity index (χ3n) is 1.94. The molecule has 0 unspecified atom stereocenters. The predicted molar refractivity (Wildman–Crippen MR) is 56.6 cm³/mol. The standard InChI is InChI=1S/C10H8BrNO2/c1-6(13)10-12-8-4-2-3-7(5-11)9(8)14-10/h2-4H,5H2,1H3. The van der Waals surface area contributed by atoms with Gasteiger partial charge < -0.3 is 4.42 Å². The lowest BCUT2D eigenvalue weighted by molar-refractivity contribution is 0.0983. The minimum atomic E-state index is -0.151. The first-order chi connectivity index (χ1) is 6.72. The predicted octanol–water partition coefficient (Wildman–Crippen LogP) is 2.93. The normalized spacial score (nSPS) is 10.7. The molecule has 1 heterocycles. The van der Waals surface area contributed by atoms with E-state index in [1.54, 1.807) is 0 Å². The van der Waals surface area contributed by atoms with Crippen LogP contribution >= 0.6 is 15.9 Å². The molecule has 0 atom stereocenters. The number of benzene rings is 1. The number of hydrogen-bond donors (Lipinski definition) is 0. The van der Waals surface area contributed by atoms with Gasteiger partial charge in [0.05, 0.1) is 0 Å². The number of carbonyl (C=O) groups is 1. The molecule has 3 nitrogen and oxygen atoms in total. The number of oxazole rings is 1. The van der Waals surface area contributed by atoms with Gasteiger partial charge in [0, 0.05) is 17.8 Å². The monoisotopic (exact) mass is 253 g/mol. The first-order valence-corrected chi connectivity index (χ1v) is 5.30. The second-order valence-electron chi connectivity index (χ2n) is 2.97. The number of fused-ring (bicyclic) bond motifs is 1. The molecule has 2 rings (SSSR count). The minimum absolute atomic E-state index is 0.151. The molecule has 1 aromatic carbocycles. The van der Waals surface area contributed by atoms with Crippen molar-refractivity contribution in [3.8, 4) is 0 Å². The van der Waals surface area contributed by atoms with Gasteiger partial charge in [0.2, 0.25) is 5.78 Å². The summed E-state index contributed by atoms with van der Waals surface area (Å²) in [7, 11) is 0. The summed E-state index contributed by atoms with van der Waals surface area (Å²) in [5.74, 6) is 0.0233. The summed E-state index contributed by atoms with van der Waals surface area (Å²) in [5, 5.41) is 0.691. The zero-order valence-corrected chi connectivity index (χ0v) is 9.17. The van der Waals surface area contributed by atoms with Crippen molar-refractivity contribution in [2.24, 2.45) is 0 Å². The Bertz CT molecular complexity index is 490. The van der Waals surface area contributed by atoms with Crippen molar-refractivity contribution in [1.29, 1.82) is 0 Å². The van der Waals surface area contributed by atoms with E-state index < -0.39 is 0 Å². The van der Waals surface area contributed by atoms with E-state index in [-0.39, 0.29) is 11.7 Å². The molecule has 4 heteroatoms. The van der Waals surface area contributed by atoms with Gasteiger partial charge in [-0.15, -0.1) is 0 Å². The van der Waals surface area contributed by atoms with E-state index in [9.17, 15) is 4.79 Å². The summed E-state index contributed by atoms with van der Waals surface area (Å²) >= 11 is 3.35. The van der Waals surface area contributed by atoms with E-state index in [1.807, 2.05) is 18.2 Å². The van der Waals surface area contributed by atoms with Gasteiger partial charge in [0.1, 0.15) is 5.52 Å². The van der Waals surface area contributed by atoms with Gasteiger partial charge in [-0.1, -0.05) is 28.1 Å². The van der Waals surface area contributed by atoms with E-state index in [1.165, 1.54) is 6.92 Å². The van der Waals surface area contributed by atoms with Crippen LogP contribution in [0, 0.1) is 0 Å². The molecule has 0 bridgehead atoms. The van der Waals surface area contributed by atoms with E-state index in [4.69, 9.17) is 4.42 Å². The Balaban J connectivity index is 2.70. The van der Waals surface area contributed by atoms with E-state index in [0.29, 0.717) is 10.9 Å². The molecule has 0 radical (unpaired) electrons. The molecule has 2 aromatic rings. The lowest BCUT2D eigenvalue weighted by Gasteiger charge is -1.93. The fourth-order valence-electron chi connectivity index (χ4n) is 1.26. The molecule has 0 aliphatic carbocycles. The number of carbonyl (C=O) groups excluding carboxylic acids is 1. The summed E-state index contributed by atoms with van der Waals surface area (Å²) < 4.78 is 5.36. The second-order valence-corrected chi connectivity index (χ2v) is 3.53. The molecule has 0 amide bonds. The Morgan fingerprint density at radius 3 is 3.00 bits per heavy atom. The Labute approximate surface area is 89.3 Å². The SMILES string of the molecule is CC(=O)c1nc2cccc(CBr)c2o1. The zero-order valence-electron chi connectivity index (χ0n) is 7.58. The number of aromatic nitrogens is 1. The van der Waals surface area contributed by atoms with Crippen LogP contribution in [0.5, 0.6) is 0 Å². The largest absolute Gasteiger partial charge is 0.433 e. The second kappa shape index (κ2) is 3.53. The molecular weight excluding hydrogens is 246 g/mol. The van der Waals surface area contributed by atoms with Crippen LogP contribution in [0.2, 0.25) is 0 Å². The fraction of sp³-hybridized carbons (Fsp3) is 0.200.